The molecule has 0 aromatic heterocycles. The molecule has 1 fully saturated rings. The summed E-state index contributed by atoms with van der Waals surface area (Å²) in [6.07, 6.45) is 0. The molecule has 0 saturated carbocycles. The maximum absolute atomic E-state index is 11.9. The highest BCUT2D eigenvalue weighted by Gasteiger charge is 2.45. The van der Waals surface area contributed by atoms with E-state index in [4.69, 9.17) is 0 Å². The van der Waals surface area contributed by atoms with E-state index >= 15 is 0 Å². The number of carbonyl (C=O) groups is 1. The van der Waals surface area contributed by atoms with E-state index in [1.165, 1.54) is 18.4 Å². The molecule has 15 heavy (non-hydrogen) atoms. The summed E-state index contributed by atoms with van der Waals surface area (Å²) in [7, 11) is -0.622. The Morgan fingerprint density at radius 3 is 2.40 bits per heavy atom. The maximum Gasteiger partial charge on any atom is 0.282 e. The second-order valence-electron chi connectivity index (χ2n) is 4.18. The molecule has 0 aliphatic carbocycles. The molecule has 0 spiro atoms. The summed E-state index contributed by atoms with van der Waals surface area (Å²) in [6.45, 7) is 3.86. The fraction of sp³-hybridized carbons (Fsp3) is 0.875. The quantitative estimate of drug-likeness (QED) is 0.667. The van der Waals surface area contributed by atoms with Crippen molar-refractivity contribution in [3.63, 3.8) is 0 Å². The first kappa shape index (κ1) is 12.4. The van der Waals surface area contributed by atoms with Crippen molar-refractivity contribution >= 4 is 16.1 Å². The van der Waals surface area contributed by atoms with Crippen LogP contribution in [0.25, 0.3) is 0 Å². The van der Waals surface area contributed by atoms with E-state index in [1.807, 2.05) is 0 Å². The van der Waals surface area contributed by atoms with Crippen molar-refractivity contribution in [1.29, 1.82) is 0 Å². The van der Waals surface area contributed by atoms with Gasteiger partial charge in [-0.1, -0.05) is 0 Å². The molecule has 6 nitrogen and oxygen atoms in total. The van der Waals surface area contributed by atoms with Crippen LogP contribution in [-0.2, 0) is 15.0 Å². The van der Waals surface area contributed by atoms with Crippen molar-refractivity contribution in [2.24, 2.45) is 0 Å². The van der Waals surface area contributed by atoms with E-state index in [9.17, 15) is 13.2 Å². The highest BCUT2D eigenvalue weighted by Crippen LogP contribution is 2.22. The van der Waals surface area contributed by atoms with Gasteiger partial charge in [-0.2, -0.15) is 17.0 Å². The van der Waals surface area contributed by atoms with Gasteiger partial charge < -0.3 is 5.32 Å². The molecule has 88 valence electrons. The number of piperazine rings is 1. The highest BCUT2D eigenvalue weighted by atomic mass is 32.2. The van der Waals surface area contributed by atoms with Crippen LogP contribution >= 0.6 is 0 Å². The zero-order valence-corrected chi connectivity index (χ0v) is 10.3. The topological polar surface area (TPSA) is 69.7 Å². The van der Waals surface area contributed by atoms with Crippen molar-refractivity contribution in [1.82, 2.24) is 13.9 Å². The first-order chi connectivity index (χ1) is 6.70. The minimum atomic E-state index is -3.53. The molecule has 7 heteroatoms. The molecule has 1 rings (SSSR count). The lowest BCUT2D eigenvalue weighted by molar-refractivity contribution is -0.131. The zero-order valence-electron chi connectivity index (χ0n) is 9.44. The predicted molar refractivity (Wildman–Crippen MR) is 56.4 cm³/mol. The molecular weight excluding hydrogens is 218 g/mol. The molecule has 0 atom stereocenters. The second kappa shape index (κ2) is 3.73. The van der Waals surface area contributed by atoms with Crippen LogP contribution in [0, 0.1) is 0 Å². The first-order valence-electron chi connectivity index (χ1n) is 4.69. The number of rotatable bonds is 2. The van der Waals surface area contributed by atoms with Crippen LogP contribution < -0.4 is 5.32 Å². The fourth-order valence-electron chi connectivity index (χ4n) is 1.48. The van der Waals surface area contributed by atoms with Crippen molar-refractivity contribution in [3.05, 3.63) is 0 Å². The molecule has 1 amide bonds. The second-order valence-corrected chi connectivity index (χ2v) is 6.24. The third-order valence-corrected chi connectivity index (χ3v) is 4.64. The number of nitrogens with zero attached hydrogens (tertiary/aromatic N) is 2. The van der Waals surface area contributed by atoms with Gasteiger partial charge in [0.25, 0.3) is 10.2 Å². The third kappa shape index (κ3) is 1.99. The molecule has 0 unspecified atom stereocenters. The SMILES string of the molecule is CN(C)S(=O)(=O)N1CCNC(=O)C1(C)C. The Bertz CT molecular complexity index is 361. The minimum absolute atomic E-state index is 0.265. The van der Waals surface area contributed by atoms with E-state index in [0.717, 1.165) is 4.31 Å². The lowest BCUT2D eigenvalue weighted by Crippen LogP contribution is -2.64. The van der Waals surface area contributed by atoms with Crippen molar-refractivity contribution < 1.29 is 13.2 Å². The van der Waals surface area contributed by atoms with Gasteiger partial charge in [0.2, 0.25) is 5.91 Å². The summed E-state index contributed by atoms with van der Waals surface area (Å²) >= 11 is 0. The molecule has 1 aliphatic rings. The molecule has 1 N–H and O–H groups in total. The van der Waals surface area contributed by atoms with Crippen LogP contribution in [0.1, 0.15) is 13.8 Å². The molecule has 0 bridgehead atoms. The number of hydrogen-bond acceptors (Lipinski definition) is 3. The van der Waals surface area contributed by atoms with E-state index in [2.05, 4.69) is 5.32 Å². The van der Waals surface area contributed by atoms with Gasteiger partial charge in [-0.3, -0.25) is 4.79 Å². The van der Waals surface area contributed by atoms with Crippen molar-refractivity contribution in [2.45, 2.75) is 19.4 Å². The monoisotopic (exact) mass is 235 g/mol. The van der Waals surface area contributed by atoms with E-state index in [1.54, 1.807) is 13.8 Å². The normalized spacial score (nSPS) is 22.9. The minimum Gasteiger partial charge on any atom is -0.353 e. The fourth-order valence-corrected chi connectivity index (χ4v) is 2.86. The summed E-state index contributed by atoms with van der Waals surface area (Å²) in [5.74, 6) is -0.265. The highest BCUT2D eigenvalue weighted by molar-refractivity contribution is 7.86. The summed E-state index contributed by atoms with van der Waals surface area (Å²) in [5, 5.41) is 2.65. The van der Waals surface area contributed by atoms with Crippen LogP contribution in [0.15, 0.2) is 0 Å². The van der Waals surface area contributed by atoms with Gasteiger partial charge in [0, 0.05) is 27.2 Å². The van der Waals surface area contributed by atoms with Crippen LogP contribution in [0.5, 0.6) is 0 Å². The van der Waals surface area contributed by atoms with E-state index in [0.29, 0.717) is 13.1 Å². The van der Waals surface area contributed by atoms with Gasteiger partial charge in [0.1, 0.15) is 5.54 Å². The van der Waals surface area contributed by atoms with Crippen LogP contribution in [0.3, 0.4) is 0 Å². The molecule has 1 heterocycles. The van der Waals surface area contributed by atoms with Gasteiger partial charge in [-0.05, 0) is 13.8 Å². The Balaban J connectivity index is 3.10. The summed E-state index contributed by atoms with van der Waals surface area (Å²) in [5.41, 5.74) is -1.03. The average molecular weight is 235 g/mol. The Labute approximate surface area is 90.4 Å². The van der Waals surface area contributed by atoms with E-state index in [-0.39, 0.29) is 5.91 Å². The van der Waals surface area contributed by atoms with Gasteiger partial charge in [0.05, 0.1) is 0 Å². The smallest absolute Gasteiger partial charge is 0.282 e. The van der Waals surface area contributed by atoms with Gasteiger partial charge >= 0.3 is 0 Å². The molecule has 1 saturated heterocycles. The summed E-state index contributed by atoms with van der Waals surface area (Å²) < 4.78 is 26.2. The third-order valence-electron chi connectivity index (χ3n) is 2.52. The van der Waals surface area contributed by atoms with Crippen LogP contribution in [0.4, 0.5) is 0 Å². The largest absolute Gasteiger partial charge is 0.353 e. The van der Waals surface area contributed by atoms with Gasteiger partial charge in [-0.25, -0.2) is 0 Å². The summed E-state index contributed by atoms with van der Waals surface area (Å²) in [4.78, 5) is 11.6. The zero-order chi connectivity index (χ0) is 11.9. The molecule has 1 aliphatic heterocycles. The molecular formula is C8H17N3O3S. The number of amides is 1. The Hall–Kier alpha value is -0.660. The molecule has 0 radical (unpaired) electrons. The Morgan fingerprint density at radius 1 is 1.40 bits per heavy atom. The van der Waals surface area contributed by atoms with Crippen molar-refractivity contribution in [3.8, 4) is 0 Å². The number of nitrogens with one attached hydrogen (secondary N) is 1. The molecule has 0 aromatic rings. The van der Waals surface area contributed by atoms with Crippen LogP contribution in [0.2, 0.25) is 0 Å². The van der Waals surface area contributed by atoms with E-state index < -0.39 is 15.7 Å². The Kier molecular flexibility index (Phi) is 3.09. The lowest BCUT2D eigenvalue weighted by atomic mass is 10.0. The predicted octanol–water partition coefficient (Wildman–Crippen LogP) is -0.997. The number of hydrogen-bond donors (Lipinski definition) is 1. The molecule has 0 aromatic carbocycles. The first-order valence-corrected chi connectivity index (χ1v) is 6.09. The maximum atomic E-state index is 11.9. The van der Waals surface area contributed by atoms with Crippen molar-refractivity contribution in [2.75, 3.05) is 27.2 Å². The van der Waals surface area contributed by atoms with Crippen LogP contribution in [-0.4, -0.2) is 55.7 Å². The van der Waals surface area contributed by atoms with Gasteiger partial charge in [-0.15, -0.1) is 0 Å². The Morgan fingerprint density at radius 2 is 1.93 bits per heavy atom. The number of carbonyl (C=O) groups excluding carboxylic acids is 1. The average Bonchev–Trinajstić information content (AvgIpc) is 2.09. The lowest BCUT2D eigenvalue weighted by Gasteiger charge is -2.40. The van der Waals surface area contributed by atoms with Gasteiger partial charge in [0.15, 0.2) is 0 Å². The standard InChI is InChI=1S/C8H17N3O3S/c1-8(2)7(12)9-5-6-11(8)15(13,14)10(3)4/h5-6H2,1-4H3,(H,9,12). The summed E-state index contributed by atoms with van der Waals surface area (Å²) in [6, 6.07) is 0.